The highest BCUT2D eigenvalue weighted by Crippen LogP contribution is 2.46. The van der Waals surface area contributed by atoms with Gasteiger partial charge in [-0.1, -0.05) is 34.1 Å². The van der Waals surface area contributed by atoms with E-state index in [1.165, 1.54) is 11.1 Å². The first-order chi connectivity index (χ1) is 5.84. The molecule has 0 aliphatic carbocycles. The minimum atomic E-state index is 0.211. The highest BCUT2D eigenvalue weighted by Gasteiger charge is 2.33. The molecule has 0 amide bonds. The van der Waals surface area contributed by atoms with Gasteiger partial charge in [0.2, 0.25) is 0 Å². The zero-order chi connectivity index (χ0) is 8.13. The largest absolute Gasteiger partial charge is 0.357 e. The predicted octanol–water partition coefficient (Wildman–Crippen LogP) is 3.13. The second-order valence-electron chi connectivity index (χ2n) is 3.14. The van der Waals surface area contributed by atoms with Gasteiger partial charge in [-0.05, 0) is 23.3 Å². The predicted molar refractivity (Wildman–Crippen MR) is 49.8 cm³/mol. The number of rotatable bonds is 0. The van der Waals surface area contributed by atoms with Gasteiger partial charge in [0.25, 0.3) is 0 Å². The molecular weight excluding hydrogens is 216 g/mol. The van der Waals surface area contributed by atoms with Crippen LogP contribution in [0.1, 0.15) is 23.3 Å². The van der Waals surface area contributed by atoms with E-state index < -0.39 is 0 Å². The van der Waals surface area contributed by atoms with E-state index in [1.807, 2.05) is 0 Å². The van der Waals surface area contributed by atoms with Crippen molar-refractivity contribution in [3.8, 4) is 0 Å². The van der Waals surface area contributed by atoms with Crippen molar-refractivity contribution in [2.24, 2.45) is 0 Å². The lowest BCUT2D eigenvalue weighted by molar-refractivity contribution is 0.0878. The maximum Gasteiger partial charge on any atom is 0.102 e. The van der Waals surface area contributed by atoms with Crippen LogP contribution in [0.3, 0.4) is 0 Å². The van der Waals surface area contributed by atoms with Crippen LogP contribution in [0.2, 0.25) is 0 Å². The number of benzene rings is 1. The van der Waals surface area contributed by atoms with Gasteiger partial charge in [0.05, 0.1) is 0 Å². The van der Waals surface area contributed by atoms with E-state index in [0.29, 0.717) is 0 Å². The average Bonchev–Trinajstić information content (AvgIpc) is 2.63. The summed E-state index contributed by atoms with van der Waals surface area (Å²) in [5.74, 6) is 0. The van der Waals surface area contributed by atoms with Gasteiger partial charge in [-0.2, -0.15) is 0 Å². The third-order valence-corrected chi connectivity index (χ3v) is 2.91. The Bertz CT molecular complexity index is 370. The molecule has 2 heteroatoms. The van der Waals surface area contributed by atoms with Gasteiger partial charge in [0, 0.05) is 4.47 Å². The van der Waals surface area contributed by atoms with E-state index in [0.717, 1.165) is 4.47 Å². The van der Waals surface area contributed by atoms with Crippen molar-refractivity contribution >= 4 is 15.9 Å². The summed E-state index contributed by atoms with van der Waals surface area (Å²) in [4.78, 5) is 0. The molecular formula is C10H7BrO. The van der Waals surface area contributed by atoms with Crippen LogP contribution < -0.4 is 0 Å². The Morgan fingerprint density at radius 1 is 1.08 bits per heavy atom. The fraction of sp³-hybridized carbons (Fsp3) is 0.200. The van der Waals surface area contributed by atoms with E-state index in [2.05, 4.69) is 46.3 Å². The van der Waals surface area contributed by atoms with E-state index in [1.54, 1.807) is 0 Å². The number of hydrogen-bond donors (Lipinski definition) is 0. The summed E-state index contributed by atoms with van der Waals surface area (Å²) >= 11 is 3.46. The summed E-state index contributed by atoms with van der Waals surface area (Å²) in [6.07, 6.45) is 4.68. The van der Waals surface area contributed by atoms with Gasteiger partial charge in [0.15, 0.2) is 0 Å². The van der Waals surface area contributed by atoms with Crippen molar-refractivity contribution in [3.05, 3.63) is 46.0 Å². The zero-order valence-electron chi connectivity index (χ0n) is 6.33. The number of halogens is 1. The van der Waals surface area contributed by atoms with Gasteiger partial charge in [0.1, 0.15) is 12.2 Å². The monoisotopic (exact) mass is 222 g/mol. The lowest BCUT2D eigenvalue weighted by Gasteiger charge is -2.05. The first-order valence-corrected chi connectivity index (χ1v) is 4.77. The van der Waals surface area contributed by atoms with Gasteiger partial charge in [-0.3, -0.25) is 0 Å². The summed E-state index contributed by atoms with van der Waals surface area (Å²) < 4.78 is 6.80. The van der Waals surface area contributed by atoms with Crippen molar-refractivity contribution in [3.63, 3.8) is 0 Å². The fourth-order valence-corrected chi connectivity index (χ4v) is 2.23. The molecule has 3 rings (SSSR count). The molecule has 0 spiro atoms. The Labute approximate surface area is 79.2 Å². The normalized spacial score (nSPS) is 29.4. The average molecular weight is 223 g/mol. The molecule has 12 heavy (non-hydrogen) atoms. The molecule has 1 aromatic carbocycles. The standard InChI is InChI=1S/C10H7BrO/c11-6-1-2-7-8(5-6)10-4-3-9(7)12-10/h1-5,9-10H. The van der Waals surface area contributed by atoms with Crippen molar-refractivity contribution in [2.75, 3.05) is 0 Å². The molecule has 0 N–H and O–H groups in total. The fourth-order valence-electron chi connectivity index (χ4n) is 1.86. The molecule has 0 radical (unpaired) electrons. The van der Waals surface area contributed by atoms with Crippen LogP contribution in [0.15, 0.2) is 34.8 Å². The van der Waals surface area contributed by atoms with E-state index in [-0.39, 0.29) is 12.2 Å². The number of fused-ring (bicyclic) bond motifs is 5. The second-order valence-corrected chi connectivity index (χ2v) is 4.05. The van der Waals surface area contributed by atoms with Gasteiger partial charge < -0.3 is 4.74 Å². The Morgan fingerprint density at radius 3 is 2.67 bits per heavy atom. The smallest absolute Gasteiger partial charge is 0.102 e. The molecule has 2 atom stereocenters. The minimum absolute atomic E-state index is 0.211. The minimum Gasteiger partial charge on any atom is -0.357 e. The third kappa shape index (κ3) is 0.767. The van der Waals surface area contributed by atoms with Crippen LogP contribution in [0.4, 0.5) is 0 Å². The third-order valence-electron chi connectivity index (χ3n) is 2.42. The summed E-state index contributed by atoms with van der Waals surface area (Å²) in [5, 5.41) is 0. The number of ether oxygens (including phenoxy) is 1. The van der Waals surface area contributed by atoms with E-state index in [4.69, 9.17) is 4.74 Å². The molecule has 1 nitrogen and oxygen atoms in total. The first kappa shape index (κ1) is 6.87. The van der Waals surface area contributed by atoms with Crippen molar-refractivity contribution in [1.29, 1.82) is 0 Å². The molecule has 0 aromatic heterocycles. The van der Waals surface area contributed by atoms with Crippen molar-refractivity contribution in [2.45, 2.75) is 12.2 Å². The molecule has 1 aromatic rings. The lowest BCUT2D eigenvalue weighted by Crippen LogP contribution is -1.91. The Hall–Kier alpha value is -0.600. The highest BCUT2D eigenvalue weighted by molar-refractivity contribution is 9.10. The molecule has 0 saturated carbocycles. The Morgan fingerprint density at radius 2 is 1.83 bits per heavy atom. The Balaban J connectivity index is 2.24. The molecule has 60 valence electrons. The molecule has 2 heterocycles. The van der Waals surface area contributed by atoms with Crippen LogP contribution in [0, 0.1) is 0 Å². The van der Waals surface area contributed by atoms with E-state index >= 15 is 0 Å². The quantitative estimate of drug-likeness (QED) is 0.614. The molecule has 0 fully saturated rings. The maximum absolute atomic E-state index is 5.67. The molecule has 0 saturated heterocycles. The number of hydrogen-bond acceptors (Lipinski definition) is 1. The van der Waals surface area contributed by atoms with Gasteiger partial charge in [-0.15, -0.1) is 0 Å². The maximum atomic E-state index is 5.67. The zero-order valence-corrected chi connectivity index (χ0v) is 7.91. The summed E-state index contributed by atoms with van der Waals surface area (Å²) in [7, 11) is 0. The van der Waals surface area contributed by atoms with Crippen LogP contribution in [-0.2, 0) is 4.74 Å². The van der Waals surface area contributed by atoms with Crippen molar-refractivity contribution < 1.29 is 4.74 Å². The molecule has 2 aliphatic heterocycles. The SMILES string of the molecule is Brc1ccc2c(c1)C1C=CC2O1. The van der Waals surface area contributed by atoms with Gasteiger partial charge in [-0.25, -0.2) is 0 Å². The van der Waals surface area contributed by atoms with E-state index in [9.17, 15) is 0 Å². The summed E-state index contributed by atoms with van der Waals surface area (Å²) in [5.41, 5.74) is 2.64. The molecule has 2 unspecified atom stereocenters. The Kier molecular flexibility index (Phi) is 1.26. The van der Waals surface area contributed by atoms with Crippen LogP contribution in [0.5, 0.6) is 0 Å². The van der Waals surface area contributed by atoms with Crippen LogP contribution in [0.25, 0.3) is 0 Å². The summed E-state index contributed by atoms with van der Waals surface area (Å²) in [6, 6.07) is 6.34. The first-order valence-electron chi connectivity index (χ1n) is 3.98. The second kappa shape index (κ2) is 2.21. The topological polar surface area (TPSA) is 9.23 Å². The molecule has 2 bridgehead atoms. The summed E-state index contributed by atoms with van der Waals surface area (Å²) in [6.45, 7) is 0. The van der Waals surface area contributed by atoms with Crippen molar-refractivity contribution in [1.82, 2.24) is 0 Å². The highest BCUT2D eigenvalue weighted by atomic mass is 79.9. The molecule has 2 aliphatic rings. The lowest BCUT2D eigenvalue weighted by atomic mass is 9.97. The van der Waals surface area contributed by atoms with Crippen LogP contribution >= 0.6 is 15.9 Å². The van der Waals surface area contributed by atoms with Gasteiger partial charge >= 0.3 is 0 Å². The van der Waals surface area contributed by atoms with Crippen LogP contribution in [-0.4, -0.2) is 0 Å².